The molecule has 3 N–H and O–H groups in total. The third-order valence-corrected chi connectivity index (χ3v) is 5.88. The zero-order valence-corrected chi connectivity index (χ0v) is 19.2. The van der Waals surface area contributed by atoms with Crippen molar-refractivity contribution < 1.29 is 18.9 Å². The highest BCUT2D eigenvalue weighted by molar-refractivity contribution is 6.30. The molecule has 182 valence electrons. The zero-order chi connectivity index (χ0) is 25.5. The van der Waals surface area contributed by atoms with E-state index in [2.05, 4.69) is 10.3 Å². The second kappa shape index (κ2) is 8.95. The fraction of sp³-hybridized carbons (Fsp3) is 0.273. The first-order valence-corrected chi connectivity index (χ1v) is 10.8. The predicted octanol–water partition coefficient (Wildman–Crippen LogP) is 2.04. The van der Waals surface area contributed by atoms with E-state index >= 15 is 0 Å². The van der Waals surface area contributed by atoms with E-state index in [1.807, 2.05) is 0 Å². The van der Waals surface area contributed by atoms with Gasteiger partial charge in [0.2, 0.25) is 5.91 Å². The zero-order valence-electron chi connectivity index (χ0n) is 18.5. The molecule has 1 aliphatic heterocycles. The molecule has 0 unspecified atom stereocenters. The number of hydrogen-bond donors (Lipinski definition) is 2. The van der Waals surface area contributed by atoms with Gasteiger partial charge in [-0.3, -0.25) is 29.1 Å². The number of halogens is 2. The van der Waals surface area contributed by atoms with E-state index in [9.17, 15) is 28.9 Å². The number of pyridine rings is 2. The minimum absolute atomic E-state index is 0.0396. The number of carbonyl (C=O) groups excluding carboxylic acids is 2. The van der Waals surface area contributed by atoms with E-state index < -0.39 is 40.2 Å². The molecule has 2 amide bonds. The van der Waals surface area contributed by atoms with E-state index in [1.165, 1.54) is 11.8 Å². The number of aromatic nitrogens is 2. The number of alkyl halides is 1. The van der Waals surface area contributed by atoms with E-state index in [0.29, 0.717) is 10.6 Å². The van der Waals surface area contributed by atoms with Gasteiger partial charge in [0.1, 0.15) is 35.3 Å². The quantitative estimate of drug-likeness (QED) is 0.386. The molecule has 1 saturated heterocycles. The first-order chi connectivity index (χ1) is 16.5. The number of rotatable bonds is 6. The van der Waals surface area contributed by atoms with Crippen LogP contribution in [0, 0.1) is 10.1 Å². The molecule has 35 heavy (non-hydrogen) atoms. The first-order valence-electron chi connectivity index (χ1n) is 10.4. The van der Waals surface area contributed by atoms with Gasteiger partial charge in [0.05, 0.1) is 18.0 Å². The summed E-state index contributed by atoms with van der Waals surface area (Å²) in [5.41, 5.74) is 3.00. The summed E-state index contributed by atoms with van der Waals surface area (Å²) in [7, 11) is 0. The molecule has 13 heteroatoms. The molecule has 4 rings (SSSR count). The molecule has 0 saturated carbocycles. The van der Waals surface area contributed by atoms with Crippen LogP contribution in [0.15, 0.2) is 41.3 Å². The van der Waals surface area contributed by atoms with Crippen LogP contribution in [0.25, 0.3) is 11.0 Å². The van der Waals surface area contributed by atoms with Crippen molar-refractivity contribution in [1.82, 2.24) is 19.8 Å². The first kappa shape index (κ1) is 24.1. The minimum atomic E-state index is -1.52. The van der Waals surface area contributed by atoms with Crippen molar-refractivity contribution in [2.45, 2.75) is 25.7 Å². The number of nitrogen functional groups attached to an aromatic ring is 1. The second-order valence-corrected chi connectivity index (χ2v) is 8.91. The van der Waals surface area contributed by atoms with Crippen LogP contribution in [0.5, 0.6) is 0 Å². The fourth-order valence-corrected chi connectivity index (χ4v) is 3.95. The lowest BCUT2D eigenvalue weighted by Crippen LogP contribution is -2.60. The van der Waals surface area contributed by atoms with Gasteiger partial charge in [-0.15, -0.1) is 0 Å². The number of nitrogens with one attached hydrogen (secondary N) is 1. The molecule has 3 heterocycles. The van der Waals surface area contributed by atoms with Crippen LogP contribution < -0.4 is 16.6 Å². The third kappa shape index (κ3) is 4.78. The van der Waals surface area contributed by atoms with Gasteiger partial charge in [-0.25, -0.2) is 9.37 Å². The van der Waals surface area contributed by atoms with Crippen molar-refractivity contribution in [3.8, 4) is 0 Å². The van der Waals surface area contributed by atoms with E-state index in [-0.39, 0.29) is 41.9 Å². The Hall–Kier alpha value is -4.06. The fourth-order valence-electron chi connectivity index (χ4n) is 3.82. The van der Waals surface area contributed by atoms with Gasteiger partial charge in [-0.1, -0.05) is 23.7 Å². The summed E-state index contributed by atoms with van der Waals surface area (Å²) in [5.74, 6) is -1.35. The summed E-state index contributed by atoms with van der Waals surface area (Å²) in [5, 5.41) is 14.4. The average molecular weight is 503 g/mol. The second-order valence-electron chi connectivity index (χ2n) is 8.47. The van der Waals surface area contributed by atoms with Crippen molar-refractivity contribution in [1.29, 1.82) is 0 Å². The highest BCUT2D eigenvalue weighted by Crippen LogP contribution is 2.29. The standard InChI is InChI=1S/C22H20ClFN6O5/c1-22(24)10-28(11-22)17(31)9-29-19-14(18(25)16(8-26-19)30(34)35)6-15(21(29)33)20(32)27-7-12-2-4-13(23)5-3-12/h2-6,8H,7,9-11H2,1H3,(H2,25,26)(H,27,32). The van der Waals surface area contributed by atoms with E-state index in [0.717, 1.165) is 16.8 Å². The molecule has 2 aromatic heterocycles. The number of carbonyl (C=O) groups is 2. The SMILES string of the molecule is CC1(F)CN(C(=O)Cn2c(=O)c(C(=O)NCc3ccc(Cl)cc3)cc3c(N)c([N+](=O)[O-])cnc32)C1. The van der Waals surface area contributed by atoms with Crippen molar-refractivity contribution in [3.63, 3.8) is 0 Å². The van der Waals surface area contributed by atoms with Crippen LogP contribution in [-0.4, -0.2) is 49.9 Å². The van der Waals surface area contributed by atoms with Crippen LogP contribution in [0.4, 0.5) is 15.8 Å². The van der Waals surface area contributed by atoms with Crippen LogP contribution >= 0.6 is 11.6 Å². The highest BCUT2D eigenvalue weighted by atomic mass is 35.5. The minimum Gasteiger partial charge on any atom is -0.393 e. The predicted molar refractivity (Wildman–Crippen MR) is 126 cm³/mol. The number of hydrogen-bond acceptors (Lipinski definition) is 7. The molecule has 1 aliphatic rings. The molecule has 1 fully saturated rings. The van der Waals surface area contributed by atoms with Gasteiger partial charge in [0.15, 0.2) is 0 Å². The summed E-state index contributed by atoms with van der Waals surface area (Å²) >= 11 is 5.86. The Morgan fingerprint density at radius 3 is 2.57 bits per heavy atom. The lowest BCUT2D eigenvalue weighted by Gasteiger charge is -2.42. The van der Waals surface area contributed by atoms with Crippen molar-refractivity contribution in [2.24, 2.45) is 0 Å². The van der Waals surface area contributed by atoms with E-state index in [4.69, 9.17) is 17.3 Å². The Kier molecular flexibility index (Phi) is 6.15. The molecule has 1 aromatic carbocycles. The average Bonchev–Trinajstić information content (AvgIpc) is 2.78. The van der Waals surface area contributed by atoms with Gasteiger partial charge in [0, 0.05) is 17.0 Å². The maximum Gasteiger partial charge on any atom is 0.311 e. The van der Waals surface area contributed by atoms with Gasteiger partial charge in [0.25, 0.3) is 11.5 Å². The number of amides is 2. The summed E-state index contributed by atoms with van der Waals surface area (Å²) in [4.78, 5) is 54.6. The topological polar surface area (TPSA) is 153 Å². The molecule has 0 spiro atoms. The summed E-state index contributed by atoms with van der Waals surface area (Å²) in [6, 6.07) is 7.78. The number of nitro groups is 1. The molecular formula is C22H20ClFN6O5. The molecule has 0 atom stereocenters. The molecular weight excluding hydrogens is 483 g/mol. The smallest absolute Gasteiger partial charge is 0.311 e. The maximum atomic E-state index is 13.9. The van der Waals surface area contributed by atoms with Gasteiger partial charge < -0.3 is 16.0 Å². The Bertz CT molecular complexity index is 1410. The molecule has 0 aliphatic carbocycles. The van der Waals surface area contributed by atoms with E-state index in [1.54, 1.807) is 24.3 Å². The largest absolute Gasteiger partial charge is 0.393 e. The Labute approximate surface area is 202 Å². The number of nitrogens with two attached hydrogens (primary N) is 1. The summed E-state index contributed by atoms with van der Waals surface area (Å²) in [6.45, 7) is 0.596. The monoisotopic (exact) mass is 502 g/mol. The molecule has 11 nitrogen and oxygen atoms in total. The normalized spacial score (nSPS) is 14.4. The van der Waals surface area contributed by atoms with Crippen LogP contribution in [0.3, 0.4) is 0 Å². The van der Waals surface area contributed by atoms with Gasteiger partial charge in [-0.2, -0.15) is 0 Å². The number of anilines is 1. The van der Waals surface area contributed by atoms with Crippen molar-refractivity contribution >= 4 is 45.8 Å². The van der Waals surface area contributed by atoms with Crippen LogP contribution in [0.2, 0.25) is 5.02 Å². The number of likely N-dealkylation sites (tertiary alicyclic amines) is 1. The number of benzene rings is 1. The molecule has 0 radical (unpaired) electrons. The summed E-state index contributed by atoms with van der Waals surface area (Å²) in [6.07, 6.45) is 0.876. The summed E-state index contributed by atoms with van der Waals surface area (Å²) < 4.78 is 14.8. The molecule has 0 bridgehead atoms. The maximum absolute atomic E-state index is 13.9. The molecule has 3 aromatic rings. The van der Waals surface area contributed by atoms with Crippen molar-refractivity contribution in [3.05, 3.63) is 73.1 Å². The van der Waals surface area contributed by atoms with Crippen molar-refractivity contribution in [2.75, 3.05) is 18.8 Å². The Morgan fingerprint density at radius 2 is 1.97 bits per heavy atom. The lowest BCUT2D eigenvalue weighted by molar-refractivity contribution is -0.384. The highest BCUT2D eigenvalue weighted by Gasteiger charge is 2.41. The number of nitrogens with zero attached hydrogens (tertiary/aromatic N) is 4. The lowest BCUT2D eigenvalue weighted by atomic mass is 9.99. The van der Waals surface area contributed by atoms with Crippen LogP contribution in [0.1, 0.15) is 22.8 Å². The Morgan fingerprint density at radius 1 is 1.31 bits per heavy atom. The third-order valence-electron chi connectivity index (χ3n) is 5.63. The van der Waals surface area contributed by atoms with Crippen LogP contribution in [-0.2, 0) is 17.9 Å². The Balaban J connectivity index is 1.73. The van der Waals surface area contributed by atoms with Gasteiger partial charge in [-0.05, 0) is 30.7 Å². The number of fused-ring (bicyclic) bond motifs is 1. The van der Waals surface area contributed by atoms with Gasteiger partial charge >= 0.3 is 5.69 Å².